The number of rotatable bonds is 4. The molecular formula is C12H14N4O3. The minimum atomic E-state index is -0.900. The third kappa shape index (κ3) is 2.48. The van der Waals surface area contributed by atoms with Crippen molar-refractivity contribution in [2.45, 2.75) is 13.0 Å². The van der Waals surface area contributed by atoms with Gasteiger partial charge in [-0.2, -0.15) is 5.26 Å². The minimum absolute atomic E-state index is 0.179. The summed E-state index contributed by atoms with van der Waals surface area (Å²) in [7, 11) is 0. The maximum Gasteiger partial charge on any atom is 0.311 e. The fraction of sp³-hybridized carbons (Fsp3) is 0.500. The van der Waals surface area contributed by atoms with Crippen LogP contribution in [-0.2, 0) is 9.53 Å². The molecule has 1 N–H and O–H groups in total. The number of hydrogen-bond donors (Lipinski definition) is 1. The molecule has 2 rings (SSSR count). The summed E-state index contributed by atoms with van der Waals surface area (Å²) in [5, 5.41) is 18.2. The number of ether oxygens (including phenoxy) is 1. The summed E-state index contributed by atoms with van der Waals surface area (Å²) in [6, 6.07) is 1.65. The van der Waals surface area contributed by atoms with E-state index in [1.54, 1.807) is 4.90 Å². The van der Waals surface area contributed by atoms with Gasteiger partial charge in [0.25, 0.3) is 0 Å². The van der Waals surface area contributed by atoms with Gasteiger partial charge in [0, 0.05) is 18.9 Å². The van der Waals surface area contributed by atoms with Crippen molar-refractivity contribution in [2.24, 2.45) is 5.92 Å². The van der Waals surface area contributed by atoms with Crippen LogP contribution in [-0.4, -0.2) is 46.8 Å². The van der Waals surface area contributed by atoms with Crippen LogP contribution in [0.1, 0.15) is 12.6 Å². The molecule has 0 aromatic carbocycles. The Bertz CT molecular complexity index is 514. The van der Waals surface area contributed by atoms with Gasteiger partial charge in [0.1, 0.15) is 12.0 Å². The molecule has 1 aliphatic rings. The molecular weight excluding hydrogens is 248 g/mol. The number of carboxylic acids is 1. The lowest BCUT2D eigenvalue weighted by Gasteiger charge is -2.30. The first-order chi connectivity index (χ1) is 9.19. The fourth-order valence-electron chi connectivity index (χ4n) is 2.25. The van der Waals surface area contributed by atoms with Crippen LogP contribution in [0.4, 0.5) is 5.82 Å². The van der Waals surface area contributed by atoms with Gasteiger partial charge in [0.2, 0.25) is 0 Å². The first kappa shape index (κ1) is 13.2. The second kappa shape index (κ2) is 5.63. The minimum Gasteiger partial charge on any atom is -0.481 e. The first-order valence-electron chi connectivity index (χ1n) is 5.97. The third-order valence-corrected chi connectivity index (χ3v) is 3.17. The summed E-state index contributed by atoms with van der Waals surface area (Å²) in [4.78, 5) is 21.1. The highest BCUT2D eigenvalue weighted by Crippen LogP contribution is 2.25. The summed E-state index contributed by atoms with van der Waals surface area (Å²) in [6.45, 7) is 2.91. The quantitative estimate of drug-likeness (QED) is 0.831. The van der Waals surface area contributed by atoms with Crippen molar-refractivity contribution in [3.63, 3.8) is 0 Å². The van der Waals surface area contributed by atoms with Crippen molar-refractivity contribution in [2.75, 3.05) is 24.7 Å². The van der Waals surface area contributed by atoms with Crippen LogP contribution < -0.4 is 4.90 Å². The molecule has 19 heavy (non-hydrogen) atoms. The predicted molar refractivity (Wildman–Crippen MR) is 65.5 cm³/mol. The highest BCUT2D eigenvalue weighted by atomic mass is 16.5. The Labute approximate surface area is 110 Å². The average molecular weight is 262 g/mol. The van der Waals surface area contributed by atoms with E-state index in [0.717, 1.165) is 0 Å². The van der Waals surface area contributed by atoms with Gasteiger partial charge in [-0.25, -0.2) is 9.97 Å². The molecule has 1 aromatic rings. The van der Waals surface area contributed by atoms with E-state index in [2.05, 4.69) is 9.97 Å². The van der Waals surface area contributed by atoms with Crippen LogP contribution in [0, 0.1) is 17.2 Å². The highest BCUT2D eigenvalue weighted by Gasteiger charge is 2.38. The Kier molecular flexibility index (Phi) is 3.92. The molecule has 0 amide bonds. The van der Waals surface area contributed by atoms with Crippen molar-refractivity contribution >= 4 is 11.8 Å². The zero-order valence-corrected chi connectivity index (χ0v) is 10.5. The van der Waals surface area contributed by atoms with Crippen molar-refractivity contribution in [1.29, 1.82) is 5.26 Å². The predicted octanol–water partition coefficient (Wildman–Crippen LogP) is 0.274. The van der Waals surface area contributed by atoms with E-state index >= 15 is 0 Å². The summed E-state index contributed by atoms with van der Waals surface area (Å²) in [5.41, 5.74) is 0.195. The topological polar surface area (TPSA) is 99.3 Å². The zero-order valence-electron chi connectivity index (χ0n) is 10.5. The van der Waals surface area contributed by atoms with Gasteiger partial charge in [-0.05, 0) is 6.92 Å². The smallest absolute Gasteiger partial charge is 0.311 e. The summed E-state index contributed by atoms with van der Waals surface area (Å²) < 4.78 is 5.26. The summed E-state index contributed by atoms with van der Waals surface area (Å²) in [5.74, 6) is -1.11. The molecule has 0 saturated carbocycles. The molecule has 1 saturated heterocycles. The van der Waals surface area contributed by atoms with Gasteiger partial charge in [-0.3, -0.25) is 4.79 Å². The second-order valence-electron chi connectivity index (χ2n) is 4.18. The van der Waals surface area contributed by atoms with Gasteiger partial charge in [0.05, 0.1) is 19.3 Å². The Morgan fingerprint density at radius 2 is 2.32 bits per heavy atom. The van der Waals surface area contributed by atoms with Crippen LogP contribution in [0.5, 0.6) is 0 Å². The van der Waals surface area contributed by atoms with Gasteiger partial charge < -0.3 is 14.7 Å². The zero-order chi connectivity index (χ0) is 13.8. The van der Waals surface area contributed by atoms with E-state index in [9.17, 15) is 9.90 Å². The summed E-state index contributed by atoms with van der Waals surface area (Å²) >= 11 is 0. The van der Waals surface area contributed by atoms with Crippen LogP contribution in [0.2, 0.25) is 0 Å². The number of hydrogen-bond acceptors (Lipinski definition) is 6. The average Bonchev–Trinajstić information content (AvgIpc) is 2.89. The lowest BCUT2D eigenvalue weighted by Crippen LogP contribution is -2.44. The Morgan fingerprint density at radius 1 is 1.58 bits per heavy atom. The van der Waals surface area contributed by atoms with Gasteiger partial charge >= 0.3 is 5.97 Å². The summed E-state index contributed by atoms with van der Waals surface area (Å²) in [6.07, 6.45) is 2.93. The number of aromatic nitrogens is 2. The number of aliphatic carboxylic acids is 1. The molecule has 7 heteroatoms. The molecule has 7 nitrogen and oxygen atoms in total. The molecule has 1 fully saturated rings. The SMILES string of the molecule is CCN(c1nccnc1C#N)C1COCC1C(=O)O. The lowest BCUT2D eigenvalue weighted by atomic mass is 10.0. The first-order valence-corrected chi connectivity index (χ1v) is 5.97. The Balaban J connectivity index is 2.34. The Hall–Kier alpha value is -2.20. The molecule has 1 aliphatic heterocycles. The monoisotopic (exact) mass is 262 g/mol. The van der Waals surface area contributed by atoms with E-state index in [0.29, 0.717) is 19.0 Å². The van der Waals surface area contributed by atoms with E-state index in [-0.39, 0.29) is 18.3 Å². The van der Waals surface area contributed by atoms with Crippen molar-refractivity contribution in [1.82, 2.24) is 9.97 Å². The maximum atomic E-state index is 11.2. The van der Waals surface area contributed by atoms with E-state index in [1.165, 1.54) is 12.4 Å². The number of carboxylic acid groups (broad SMARTS) is 1. The lowest BCUT2D eigenvalue weighted by molar-refractivity contribution is -0.141. The molecule has 1 aromatic heterocycles. The number of nitrogens with zero attached hydrogens (tertiary/aromatic N) is 4. The van der Waals surface area contributed by atoms with Crippen LogP contribution in [0.15, 0.2) is 12.4 Å². The molecule has 0 bridgehead atoms. The number of likely N-dealkylation sites (N-methyl/N-ethyl adjacent to an activating group) is 1. The van der Waals surface area contributed by atoms with Crippen molar-refractivity contribution in [3.05, 3.63) is 18.1 Å². The van der Waals surface area contributed by atoms with Gasteiger partial charge in [-0.15, -0.1) is 0 Å². The number of anilines is 1. The molecule has 2 atom stereocenters. The van der Waals surface area contributed by atoms with Gasteiger partial charge in [-0.1, -0.05) is 0 Å². The third-order valence-electron chi connectivity index (χ3n) is 3.17. The molecule has 100 valence electrons. The largest absolute Gasteiger partial charge is 0.481 e. The van der Waals surface area contributed by atoms with E-state index in [1.807, 2.05) is 13.0 Å². The molecule has 2 unspecified atom stereocenters. The normalized spacial score (nSPS) is 21.9. The second-order valence-corrected chi connectivity index (χ2v) is 4.18. The maximum absolute atomic E-state index is 11.2. The van der Waals surface area contributed by atoms with Crippen LogP contribution in [0.3, 0.4) is 0 Å². The molecule has 0 radical (unpaired) electrons. The number of carbonyl (C=O) groups is 1. The van der Waals surface area contributed by atoms with Crippen LogP contribution >= 0.6 is 0 Å². The number of nitriles is 1. The standard InChI is InChI=1S/C12H14N4O3/c1-2-16(10-7-19-6-8(10)12(17)18)11-9(5-13)14-3-4-15-11/h3-4,8,10H,2,6-7H2,1H3,(H,17,18). The highest BCUT2D eigenvalue weighted by molar-refractivity contribution is 5.72. The molecule has 2 heterocycles. The Morgan fingerprint density at radius 3 is 2.95 bits per heavy atom. The van der Waals surface area contributed by atoms with Crippen LogP contribution in [0.25, 0.3) is 0 Å². The van der Waals surface area contributed by atoms with Crippen molar-refractivity contribution < 1.29 is 14.6 Å². The van der Waals surface area contributed by atoms with E-state index < -0.39 is 11.9 Å². The molecule has 0 spiro atoms. The van der Waals surface area contributed by atoms with Gasteiger partial charge in [0.15, 0.2) is 11.5 Å². The molecule has 0 aliphatic carbocycles. The van der Waals surface area contributed by atoms with Crippen molar-refractivity contribution in [3.8, 4) is 6.07 Å². The van der Waals surface area contributed by atoms with E-state index in [4.69, 9.17) is 10.00 Å². The fourth-order valence-corrected chi connectivity index (χ4v) is 2.25.